The number of carbonyl (C=O) groups is 1. The Morgan fingerprint density at radius 3 is 2.45 bits per heavy atom. The molecule has 1 aliphatic heterocycles. The van der Waals surface area contributed by atoms with E-state index in [-0.39, 0.29) is 12.5 Å². The van der Waals surface area contributed by atoms with E-state index in [0.29, 0.717) is 23.2 Å². The summed E-state index contributed by atoms with van der Waals surface area (Å²) in [5.41, 5.74) is 2.40. The van der Waals surface area contributed by atoms with Crippen LogP contribution < -0.4 is 10.1 Å². The lowest BCUT2D eigenvalue weighted by atomic mass is 9.87. The lowest BCUT2D eigenvalue weighted by molar-refractivity contribution is -0.122. The summed E-state index contributed by atoms with van der Waals surface area (Å²) < 4.78 is 12.9. The first-order valence-corrected chi connectivity index (χ1v) is 9.14. The van der Waals surface area contributed by atoms with Crippen molar-refractivity contribution in [2.24, 2.45) is 7.05 Å². The molecular weight excluding hydrogens is 370 g/mol. The van der Waals surface area contributed by atoms with Crippen LogP contribution in [0.15, 0.2) is 65.4 Å². The molecule has 0 fully saturated rings. The van der Waals surface area contributed by atoms with Gasteiger partial charge in [0.1, 0.15) is 11.5 Å². The van der Waals surface area contributed by atoms with Crippen LogP contribution in [-0.2, 0) is 18.4 Å². The molecule has 0 unspecified atom stereocenters. The van der Waals surface area contributed by atoms with Gasteiger partial charge in [-0.05, 0) is 12.1 Å². The van der Waals surface area contributed by atoms with Crippen molar-refractivity contribution in [3.8, 4) is 22.9 Å². The zero-order valence-electron chi connectivity index (χ0n) is 15.6. The monoisotopic (exact) mass is 387 g/mol. The first kappa shape index (κ1) is 17.2. The van der Waals surface area contributed by atoms with Crippen molar-refractivity contribution in [1.29, 1.82) is 0 Å². The fraction of sp³-hybridized carbons (Fsp3) is 0.143. The molecule has 5 rings (SSSR count). The second-order valence-electron chi connectivity index (χ2n) is 6.74. The van der Waals surface area contributed by atoms with Crippen LogP contribution >= 0.6 is 0 Å². The van der Waals surface area contributed by atoms with E-state index in [0.717, 1.165) is 16.7 Å². The SMILES string of the molecule is Cn1cc(-c2noc(CNC(=O)C3c4ccccc4Oc4ccccc43)n2)cn1. The van der Waals surface area contributed by atoms with Crippen molar-refractivity contribution in [2.45, 2.75) is 12.5 Å². The van der Waals surface area contributed by atoms with Gasteiger partial charge in [-0.2, -0.15) is 10.1 Å². The first-order valence-electron chi connectivity index (χ1n) is 9.14. The molecule has 0 radical (unpaired) electrons. The number of hydrogen-bond acceptors (Lipinski definition) is 6. The molecule has 1 amide bonds. The molecule has 0 atom stereocenters. The highest BCUT2D eigenvalue weighted by atomic mass is 16.5. The fourth-order valence-corrected chi connectivity index (χ4v) is 3.44. The molecule has 4 aromatic rings. The summed E-state index contributed by atoms with van der Waals surface area (Å²) >= 11 is 0. The summed E-state index contributed by atoms with van der Waals surface area (Å²) in [4.78, 5) is 17.4. The maximum atomic E-state index is 13.1. The molecule has 0 saturated heterocycles. The van der Waals surface area contributed by atoms with Gasteiger partial charge in [0.05, 0.1) is 24.2 Å². The van der Waals surface area contributed by atoms with Gasteiger partial charge in [0.25, 0.3) is 0 Å². The van der Waals surface area contributed by atoms with Crippen molar-refractivity contribution in [3.05, 3.63) is 77.9 Å². The van der Waals surface area contributed by atoms with Gasteiger partial charge in [0.15, 0.2) is 0 Å². The van der Waals surface area contributed by atoms with Crippen molar-refractivity contribution in [3.63, 3.8) is 0 Å². The molecule has 2 aromatic heterocycles. The lowest BCUT2D eigenvalue weighted by Crippen LogP contribution is -2.31. The predicted molar refractivity (Wildman–Crippen MR) is 103 cm³/mol. The Balaban J connectivity index is 1.37. The van der Waals surface area contributed by atoms with Gasteiger partial charge < -0.3 is 14.6 Å². The Hall–Kier alpha value is -3.94. The van der Waals surface area contributed by atoms with E-state index in [1.165, 1.54) is 0 Å². The number of fused-ring (bicyclic) bond motifs is 2. The van der Waals surface area contributed by atoms with Gasteiger partial charge in [-0.15, -0.1) is 0 Å². The molecular formula is C21H17N5O3. The van der Waals surface area contributed by atoms with E-state index in [4.69, 9.17) is 9.26 Å². The Labute approximate surface area is 166 Å². The zero-order chi connectivity index (χ0) is 19.8. The van der Waals surface area contributed by atoms with Crippen LogP contribution in [0.3, 0.4) is 0 Å². The molecule has 0 spiro atoms. The highest BCUT2D eigenvalue weighted by molar-refractivity contribution is 5.89. The van der Waals surface area contributed by atoms with E-state index in [1.807, 2.05) is 55.6 Å². The van der Waals surface area contributed by atoms with E-state index in [2.05, 4.69) is 20.6 Å². The fourth-order valence-electron chi connectivity index (χ4n) is 3.44. The van der Waals surface area contributed by atoms with Crippen molar-refractivity contribution in [2.75, 3.05) is 0 Å². The Morgan fingerprint density at radius 2 is 1.79 bits per heavy atom. The molecule has 29 heavy (non-hydrogen) atoms. The average molecular weight is 387 g/mol. The van der Waals surface area contributed by atoms with Gasteiger partial charge in [-0.3, -0.25) is 9.48 Å². The summed E-state index contributed by atoms with van der Waals surface area (Å²) in [6, 6.07) is 15.1. The molecule has 0 aliphatic carbocycles. The summed E-state index contributed by atoms with van der Waals surface area (Å²) in [6.07, 6.45) is 3.45. The minimum absolute atomic E-state index is 0.133. The topological polar surface area (TPSA) is 95.1 Å². The molecule has 2 aromatic carbocycles. The summed E-state index contributed by atoms with van der Waals surface area (Å²) in [5.74, 6) is 1.49. The first-order chi connectivity index (χ1) is 14.2. The second-order valence-corrected chi connectivity index (χ2v) is 6.74. The predicted octanol–water partition coefficient (Wildman–Crippen LogP) is 3.02. The van der Waals surface area contributed by atoms with Crippen LogP contribution in [0.5, 0.6) is 11.5 Å². The molecule has 144 valence electrons. The van der Waals surface area contributed by atoms with E-state index in [9.17, 15) is 4.79 Å². The zero-order valence-corrected chi connectivity index (χ0v) is 15.6. The number of para-hydroxylation sites is 2. The van der Waals surface area contributed by atoms with Crippen LogP contribution in [0.4, 0.5) is 0 Å². The van der Waals surface area contributed by atoms with Gasteiger partial charge in [0, 0.05) is 24.4 Å². The van der Waals surface area contributed by atoms with Crippen LogP contribution in [0.25, 0.3) is 11.4 Å². The third-order valence-electron chi connectivity index (χ3n) is 4.79. The Bertz CT molecular complexity index is 1150. The molecule has 1 aliphatic rings. The van der Waals surface area contributed by atoms with Crippen molar-refractivity contribution >= 4 is 5.91 Å². The number of hydrogen-bond donors (Lipinski definition) is 1. The standard InChI is InChI=1S/C21H17N5O3/c1-26-12-13(10-23-26)20-24-18(29-25-20)11-22-21(27)19-14-6-2-4-8-16(14)28-17-9-5-3-7-15(17)19/h2-10,12,19H,11H2,1H3,(H,22,27). The second kappa shape index (κ2) is 6.90. The number of nitrogens with zero attached hydrogens (tertiary/aromatic N) is 4. The van der Waals surface area contributed by atoms with Crippen LogP contribution in [0, 0.1) is 0 Å². The number of amides is 1. The number of nitrogens with one attached hydrogen (secondary N) is 1. The largest absolute Gasteiger partial charge is 0.457 e. The Kier molecular flexibility index (Phi) is 4.09. The van der Waals surface area contributed by atoms with Gasteiger partial charge in [-0.25, -0.2) is 0 Å². The lowest BCUT2D eigenvalue weighted by Gasteiger charge is -2.27. The molecule has 1 N–H and O–H groups in total. The van der Waals surface area contributed by atoms with E-state index in [1.54, 1.807) is 17.1 Å². The maximum Gasteiger partial charge on any atom is 0.246 e. The number of benzene rings is 2. The van der Waals surface area contributed by atoms with Crippen molar-refractivity contribution in [1.82, 2.24) is 25.2 Å². The number of carbonyl (C=O) groups excluding carboxylic acids is 1. The summed E-state index contributed by atoms with van der Waals surface area (Å²) in [7, 11) is 1.81. The normalized spacial score (nSPS) is 12.7. The molecule has 0 saturated carbocycles. The van der Waals surface area contributed by atoms with Gasteiger partial charge >= 0.3 is 0 Å². The molecule has 3 heterocycles. The third-order valence-corrected chi connectivity index (χ3v) is 4.79. The van der Waals surface area contributed by atoms with E-state index < -0.39 is 5.92 Å². The average Bonchev–Trinajstić information content (AvgIpc) is 3.39. The van der Waals surface area contributed by atoms with Gasteiger partial charge in [0.2, 0.25) is 17.6 Å². The molecule has 8 heteroatoms. The number of ether oxygens (including phenoxy) is 1. The maximum absolute atomic E-state index is 13.1. The van der Waals surface area contributed by atoms with Crippen molar-refractivity contribution < 1.29 is 14.1 Å². The van der Waals surface area contributed by atoms with Crippen LogP contribution in [-0.4, -0.2) is 25.8 Å². The molecule has 0 bridgehead atoms. The van der Waals surface area contributed by atoms with E-state index >= 15 is 0 Å². The van der Waals surface area contributed by atoms with Gasteiger partial charge in [-0.1, -0.05) is 41.6 Å². The summed E-state index contributed by atoms with van der Waals surface area (Å²) in [6.45, 7) is 0.133. The molecule has 8 nitrogen and oxygen atoms in total. The smallest absolute Gasteiger partial charge is 0.246 e. The highest BCUT2D eigenvalue weighted by Gasteiger charge is 2.32. The number of rotatable bonds is 4. The minimum Gasteiger partial charge on any atom is -0.457 e. The van der Waals surface area contributed by atoms with Crippen LogP contribution in [0.2, 0.25) is 0 Å². The Morgan fingerprint density at radius 1 is 1.10 bits per heavy atom. The quantitative estimate of drug-likeness (QED) is 0.578. The number of aromatic nitrogens is 4. The summed E-state index contributed by atoms with van der Waals surface area (Å²) in [5, 5.41) is 11.0. The van der Waals surface area contributed by atoms with Crippen LogP contribution in [0.1, 0.15) is 22.9 Å². The minimum atomic E-state index is -0.475. The highest BCUT2D eigenvalue weighted by Crippen LogP contribution is 2.43. The number of aryl methyl sites for hydroxylation is 1. The third kappa shape index (κ3) is 3.14.